The molecule has 0 N–H and O–H groups in total. The molecule has 4 heteroatoms. The Balaban J connectivity index is 1.73. The number of benzene rings is 2. The first kappa shape index (κ1) is 17.3. The van der Waals surface area contributed by atoms with Crippen LogP contribution in [0.4, 0.5) is 0 Å². The number of hydrogen-bond acceptors (Lipinski definition) is 4. The Morgan fingerprint density at radius 3 is 2.31 bits per heavy atom. The van der Waals surface area contributed by atoms with E-state index in [9.17, 15) is 4.79 Å². The largest absolute Gasteiger partial charge is 0.493 e. The fraction of sp³-hybridized carbons (Fsp3) is 0.0800. The monoisotopic (exact) mass is 378 g/mol. The molecular formula is C25H18N2O2. The fourth-order valence-corrected chi connectivity index (χ4v) is 4.00. The van der Waals surface area contributed by atoms with Crippen molar-refractivity contribution in [2.45, 2.75) is 5.41 Å². The number of hydrogen-bond donors (Lipinski definition) is 0. The van der Waals surface area contributed by atoms with Gasteiger partial charge in [0.1, 0.15) is 0 Å². The summed E-state index contributed by atoms with van der Waals surface area (Å²) in [5, 5.41) is 0. The average molecular weight is 378 g/mol. The molecule has 0 aliphatic heterocycles. The van der Waals surface area contributed by atoms with Crippen molar-refractivity contribution >= 4 is 17.4 Å². The van der Waals surface area contributed by atoms with Crippen molar-refractivity contribution in [1.82, 2.24) is 9.97 Å². The Morgan fingerprint density at radius 1 is 0.931 bits per heavy atom. The standard InChI is InChI=1S/C25H18N2O2/c1-29-23-15-25(13-12-22(23)28)19(17-8-4-2-5-9-17)14-21-20(25)16-26-24(27-21)18-10-6-3-7-11-18/h2-16H,1H3. The number of ketones is 1. The molecule has 1 heterocycles. The van der Waals surface area contributed by atoms with Crippen LogP contribution in [-0.2, 0) is 14.9 Å². The van der Waals surface area contributed by atoms with E-state index in [0.29, 0.717) is 11.6 Å². The minimum absolute atomic E-state index is 0.138. The highest BCUT2D eigenvalue weighted by molar-refractivity contribution is 6.07. The van der Waals surface area contributed by atoms with Crippen LogP contribution in [0.3, 0.4) is 0 Å². The van der Waals surface area contributed by atoms with Gasteiger partial charge in [0.15, 0.2) is 11.6 Å². The molecule has 4 nitrogen and oxygen atoms in total. The zero-order valence-electron chi connectivity index (χ0n) is 15.9. The summed E-state index contributed by atoms with van der Waals surface area (Å²) in [6, 6.07) is 20.0. The van der Waals surface area contributed by atoms with Gasteiger partial charge in [0.2, 0.25) is 5.78 Å². The first-order valence-corrected chi connectivity index (χ1v) is 9.42. The lowest BCUT2D eigenvalue weighted by Gasteiger charge is -2.30. The van der Waals surface area contributed by atoms with Crippen LogP contribution in [0.2, 0.25) is 0 Å². The number of rotatable bonds is 3. The summed E-state index contributed by atoms with van der Waals surface area (Å²) in [6.45, 7) is 0. The molecular weight excluding hydrogens is 360 g/mol. The molecule has 2 aliphatic rings. The van der Waals surface area contributed by atoms with Gasteiger partial charge < -0.3 is 4.74 Å². The second-order valence-electron chi connectivity index (χ2n) is 7.06. The van der Waals surface area contributed by atoms with Gasteiger partial charge in [-0.15, -0.1) is 0 Å². The zero-order chi connectivity index (χ0) is 19.8. The van der Waals surface area contributed by atoms with Crippen molar-refractivity contribution in [2.24, 2.45) is 0 Å². The number of carbonyl (C=O) groups excluding carboxylic acids is 1. The van der Waals surface area contributed by atoms with Crippen molar-refractivity contribution in [2.75, 3.05) is 7.11 Å². The van der Waals surface area contributed by atoms with Gasteiger partial charge in [0.25, 0.3) is 0 Å². The van der Waals surface area contributed by atoms with Crippen LogP contribution >= 0.6 is 0 Å². The Labute approximate surface area is 168 Å². The molecule has 0 fully saturated rings. The average Bonchev–Trinajstić information content (AvgIpc) is 3.10. The summed E-state index contributed by atoms with van der Waals surface area (Å²) in [5.74, 6) is 0.868. The maximum atomic E-state index is 12.2. The lowest BCUT2D eigenvalue weighted by Crippen LogP contribution is -2.26. The molecule has 1 spiro atoms. The predicted octanol–water partition coefficient (Wildman–Crippen LogP) is 4.60. The second-order valence-corrected chi connectivity index (χ2v) is 7.06. The van der Waals surface area contributed by atoms with E-state index in [1.807, 2.05) is 66.9 Å². The van der Waals surface area contributed by atoms with Gasteiger partial charge in [-0.3, -0.25) is 4.79 Å². The minimum Gasteiger partial charge on any atom is -0.493 e. The van der Waals surface area contributed by atoms with Gasteiger partial charge in [-0.05, 0) is 29.4 Å². The van der Waals surface area contributed by atoms with E-state index in [2.05, 4.69) is 23.2 Å². The Morgan fingerprint density at radius 2 is 1.62 bits per heavy atom. The first-order chi connectivity index (χ1) is 14.2. The van der Waals surface area contributed by atoms with Gasteiger partial charge in [-0.25, -0.2) is 9.97 Å². The van der Waals surface area contributed by atoms with E-state index in [0.717, 1.165) is 28.0 Å². The molecule has 29 heavy (non-hydrogen) atoms. The number of aromatic nitrogens is 2. The molecule has 5 rings (SSSR count). The number of allylic oxidation sites excluding steroid dienone is 4. The predicted molar refractivity (Wildman–Crippen MR) is 113 cm³/mol. The zero-order valence-corrected chi connectivity index (χ0v) is 15.9. The van der Waals surface area contributed by atoms with Crippen LogP contribution in [-0.4, -0.2) is 22.9 Å². The SMILES string of the molecule is COC1=CC2(C=CC1=O)C(c1ccccc1)=Cc1nc(-c3ccccc3)ncc12. The highest BCUT2D eigenvalue weighted by atomic mass is 16.5. The highest BCUT2D eigenvalue weighted by Crippen LogP contribution is 2.50. The Hall–Kier alpha value is -3.79. The number of fused-ring (bicyclic) bond motifs is 2. The van der Waals surface area contributed by atoms with Crippen molar-refractivity contribution in [3.8, 4) is 11.4 Å². The number of nitrogens with zero attached hydrogens (tertiary/aromatic N) is 2. The van der Waals surface area contributed by atoms with Crippen LogP contribution < -0.4 is 0 Å². The van der Waals surface area contributed by atoms with Gasteiger partial charge in [0.05, 0.1) is 18.2 Å². The first-order valence-electron chi connectivity index (χ1n) is 9.42. The van der Waals surface area contributed by atoms with Gasteiger partial charge in [-0.2, -0.15) is 0 Å². The quantitative estimate of drug-likeness (QED) is 0.668. The fourth-order valence-electron chi connectivity index (χ4n) is 4.00. The van der Waals surface area contributed by atoms with E-state index in [1.54, 1.807) is 6.08 Å². The third kappa shape index (κ3) is 2.72. The maximum absolute atomic E-state index is 12.2. The van der Waals surface area contributed by atoms with Gasteiger partial charge in [-0.1, -0.05) is 66.7 Å². The molecule has 3 aromatic rings. The molecule has 0 saturated heterocycles. The molecule has 0 radical (unpaired) electrons. The summed E-state index contributed by atoms with van der Waals surface area (Å²) < 4.78 is 5.37. The third-order valence-corrected chi connectivity index (χ3v) is 5.43. The highest BCUT2D eigenvalue weighted by Gasteiger charge is 2.43. The number of carbonyl (C=O) groups is 1. The lowest BCUT2D eigenvalue weighted by atomic mass is 9.73. The van der Waals surface area contributed by atoms with Crippen LogP contribution in [0.1, 0.15) is 16.8 Å². The maximum Gasteiger partial charge on any atom is 0.219 e. The molecule has 1 aromatic heterocycles. The van der Waals surface area contributed by atoms with Crippen molar-refractivity contribution in [1.29, 1.82) is 0 Å². The molecule has 1 unspecified atom stereocenters. The minimum atomic E-state index is -0.634. The molecule has 0 bridgehead atoms. The number of ether oxygens (including phenoxy) is 1. The molecule has 1 atom stereocenters. The van der Waals surface area contributed by atoms with E-state index in [1.165, 1.54) is 7.11 Å². The molecule has 140 valence electrons. The second kappa shape index (κ2) is 6.67. The van der Waals surface area contributed by atoms with E-state index < -0.39 is 5.41 Å². The summed E-state index contributed by atoms with van der Waals surface area (Å²) >= 11 is 0. The smallest absolute Gasteiger partial charge is 0.219 e. The molecule has 0 amide bonds. The van der Waals surface area contributed by atoms with E-state index in [-0.39, 0.29) is 5.78 Å². The Bertz CT molecular complexity index is 1190. The van der Waals surface area contributed by atoms with E-state index >= 15 is 0 Å². The van der Waals surface area contributed by atoms with Crippen LogP contribution in [0.5, 0.6) is 0 Å². The number of methoxy groups -OCH3 is 1. The van der Waals surface area contributed by atoms with Crippen molar-refractivity contribution < 1.29 is 9.53 Å². The molecule has 2 aliphatic carbocycles. The third-order valence-electron chi connectivity index (χ3n) is 5.43. The molecule has 2 aromatic carbocycles. The van der Waals surface area contributed by atoms with Crippen molar-refractivity contribution in [3.05, 3.63) is 108 Å². The summed E-state index contributed by atoms with van der Waals surface area (Å²) in [6.07, 6.45) is 9.33. The van der Waals surface area contributed by atoms with Crippen LogP contribution in [0, 0.1) is 0 Å². The normalized spacial score (nSPS) is 19.7. The summed E-state index contributed by atoms with van der Waals surface area (Å²) in [7, 11) is 1.52. The summed E-state index contributed by atoms with van der Waals surface area (Å²) in [5.41, 5.74) is 4.24. The van der Waals surface area contributed by atoms with Crippen LogP contribution in [0.15, 0.2) is 90.8 Å². The van der Waals surface area contributed by atoms with Crippen LogP contribution in [0.25, 0.3) is 23.0 Å². The van der Waals surface area contributed by atoms with E-state index in [4.69, 9.17) is 9.72 Å². The summed E-state index contributed by atoms with van der Waals surface area (Å²) in [4.78, 5) is 21.7. The Kier molecular flexibility index (Phi) is 3.98. The topological polar surface area (TPSA) is 52.1 Å². The van der Waals surface area contributed by atoms with Crippen molar-refractivity contribution in [3.63, 3.8) is 0 Å². The molecule has 0 saturated carbocycles. The van der Waals surface area contributed by atoms with Gasteiger partial charge >= 0.3 is 0 Å². The lowest BCUT2D eigenvalue weighted by molar-refractivity contribution is -0.114. The van der Waals surface area contributed by atoms with Gasteiger partial charge in [0, 0.05) is 17.3 Å².